The second kappa shape index (κ2) is 4.25. The molecule has 3 heterocycles. The Morgan fingerprint density at radius 1 is 1.29 bits per heavy atom. The van der Waals surface area contributed by atoms with Crippen molar-refractivity contribution < 1.29 is 8.78 Å². The van der Waals surface area contributed by atoms with E-state index in [2.05, 4.69) is 15.1 Å². The molecule has 0 amide bonds. The van der Waals surface area contributed by atoms with Gasteiger partial charge in [-0.2, -0.15) is 15.1 Å². The Labute approximate surface area is 121 Å². The summed E-state index contributed by atoms with van der Waals surface area (Å²) in [6.45, 7) is 5.81. The number of anilines is 2. The van der Waals surface area contributed by atoms with Crippen LogP contribution < -0.4 is 10.6 Å². The van der Waals surface area contributed by atoms with Crippen molar-refractivity contribution >= 4 is 22.8 Å². The van der Waals surface area contributed by atoms with Gasteiger partial charge in [-0.1, -0.05) is 0 Å². The fraction of sp³-hybridized carbons (Fsp3) is 0.615. The lowest BCUT2D eigenvalue weighted by molar-refractivity contribution is 0.0256. The van der Waals surface area contributed by atoms with Crippen molar-refractivity contribution in [1.29, 1.82) is 0 Å². The van der Waals surface area contributed by atoms with Gasteiger partial charge < -0.3 is 10.6 Å². The Kier molecular flexibility index (Phi) is 2.83. The monoisotopic (exact) mass is 296 g/mol. The standard InChI is InChI=1S/C13H18F2N6/c1-12(2,3)21-10-8(6-17-21)9(16)18-11(19-10)20-5-4-13(14,15)7-20/h6H,4-5,7H2,1-3H3,(H2,16,18,19). The van der Waals surface area contributed by atoms with E-state index < -0.39 is 5.92 Å². The molecule has 0 aliphatic carbocycles. The molecule has 21 heavy (non-hydrogen) atoms. The van der Waals surface area contributed by atoms with Gasteiger partial charge in [0.1, 0.15) is 5.82 Å². The Morgan fingerprint density at radius 3 is 2.57 bits per heavy atom. The topological polar surface area (TPSA) is 72.9 Å². The van der Waals surface area contributed by atoms with E-state index in [0.717, 1.165) is 0 Å². The lowest BCUT2D eigenvalue weighted by atomic mass is 10.1. The zero-order valence-electron chi connectivity index (χ0n) is 12.3. The van der Waals surface area contributed by atoms with E-state index in [1.807, 2.05) is 20.8 Å². The molecule has 2 aromatic rings. The lowest BCUT2D eigenvalue weighted by Crippen LogP contribution is -2.27. The van der Waals surface area contributed by atoms with E-state index in [1.165, 1.54) is 4.90 Å². The van der Waals surface area contributed by atoms with Crippen LogP contribution in [0.1, 0.15) is 27.2 Å². The molecule has 8 heteroatoms. The predicted octanol–water partition coefficient (Wildman–Crippen LogP) is 2.01. The maximum Gasteiger partial charge on any atom is 0.267 e. The van der Waals surface area contributed by atoms with Crippen molar-refractivity contribution in [3.8, 4) is 0 Å². The number of hydrogen-bond donors (Lipinski definition) is 1. The summed E-state index contributed by atoms with van der Waals surface area (Å²) in [5.41, 5.74) is 6.22. The summed E-state index contributed by atoms with van der Waals surface area (Å²) < 4.78 is 28.4. The minimum Gasteiger partial charge on any atom is -0.383 e. The number of aromatic nitrogens is 4. The van der Waals surface area contributed by atoms with Crippen LogP contribution in [0.4, 0.5) is 20.5 Å². The van der Waals surface area contributed by atoms with Crippen molar-refractivity contribution in [2.24, 2.45) is 0 Å². The van der Waals surface area contributed by atoms with Crippen molar-refractivity contribution in [2.45, 2.75) is 38.7 Å². The number of nitrogen functional groups attached to an aromatic ring is 1. The second-order valence-electron chi connectivity index (χ2n) is 6.40. The fourth-order valence-electron chi connectivity index (χ4n) is 2.46. The van der Waals surface area contributed by atoms with Gasteiger partial charge in [0.2, 0.25) is 5.95 Å². The van der Waals surface area contributed by atoms with Crippen LogP contribution in [0.25, 0.3) is 11.0 Å². The zero-order chi connectivity index (χ0) is 15.4. The molecule has 6 nitrogen and oxygen atoms in total. The number of fused-ring (bicyclic) bond motifs is 1. The molecule has 0 bridgehead atoms. The molecule has 114 valence electrons. The largest absolute Gasteiger partial charge is 0.383 e. The van der Waals surface area contributed by atoms with Gasteiger partial charge in [-0.3, -0.25) is 0 Å². The van der Waals surface area contributed by atoms with E-state index in [-0.39, 0.29) is 36.8 Å². The summed E-state index contributed by atoms with van der Waals surface area (Å²) in [7, 11) is 0. The van der Waals surface area contributed by atoms with Gasteiger partial charge >= 0.3 is 0 Å². The summed E-state index contributed by atoms with van der Waals surface area (Å²) in [6.07, 6.45) is 1.42. The Balaban J connectivity index is 2.10. The summed E-state index contributed by atoms with van der Waals surface area (Å²) in [4.78, 5) is 10.0. The number of nitrogens with zero attached hydrogens (tertiary/aromatic N) is 5. The van der Waals surface area contributed by atoms with Gasteiger partial charge in [-0.05, 0) is 20.8 Å². The van der Waals surface area contributed by atoms with Crippen LogP contribution in [0.2, 0.25) is 0 Å². The molecule has 2 N–H and O–H groups in total. The predicted molar refractivity (Wildman–Crippen MR) is 76.5 cm³/mol. The smallest absolute Gasteiger partial charge is 0.267 e. The van der Waals surface area contributed by atoms with Crippen molar-refractivity contribution in [3.05, 3.63) is 6.20 Å². The molecule has 0 saturated carbocycles. The Morgan fingerprint density at radius 2 is 2.00 bits per heavy atom. The molecule has 2 aromatic heterocycles. The highest BCUT2D eigenvalue weighted by molar-refractivity contribution is 5.86. The van der Waals surface area contributed by atoms with Crippen LogP contribution in [0.3, 0.4) is 0 Å². The SMILES string of the molecule is CC(C)(C)n1ncc2c(N)nc(N3CCC(F)(F)C3)nc21. The lowest BCUT2D eigenvalue weighted by Gasteiger charge is -2.21. The van der Waals surface area contributed by atoms with Gasteiger partial charge in [0, 0.05) is 13.0 Å². The third-order valence-electron chi connectivity index (χ3n) is 3.53. The van der Waals surface area contributed by atoms with Crippen LogP contribution in [-0.2, 0) is 5.54 Å². The van der Waals surface area contributed by atoms with E-state index >= 15 is 0 Å². The molecule has 1 fully saturated rings. The molecule has 0 spiro atoms. The van der Waals surface area contributed by atoms with Gasteiger partial charge in [-0.15, -0.1) is 0 Å². The zero-order valence-corrected chi connectivity index (χ0v) is 12.3. The number of alkyl halides is 2. The average Bonchev–Trinajstić information content (AvgIpc) is 2.91. The third kappa shape index (κ3) is 2.38. The minimum absolute atomic E-state index is 0.188. The first-order valence-corrected chi connectivity index (χ1v) is 6.82. The maximum absolute atomic E-state index is 13.4. The maximum atomic E-state index is 13.4. The Bertz CT molecular complexity index is 688. The Hall–Kier alpha value is -1.99. The molecule has 1 aliphatic rings. The van der Waals surface area contributed by atoms with Gasteiger partial charge in [-0.25, -0.2) is 13.5 Å². The van der Waals surface area contributed by atoms with Crippen LogP contribution in [0.5, 0.6) is 0 Å². The number of nitrogens with two attached hydrogens (primary N) is 1. The van der Waals surface area contributed by atoms with E-state index in [4.69, 9.17) is 5.73 Å². The highest BCUT2D eigenvalue weighted by atomic mass is 19.3. The third-order valence-corrected chi connectivity index (χ3v) is 3.53. The number of hydrogen-bond acceptors (Lipinski definition) is 5. The molecule has 1 aliphatic heterocycles. The number of rotatable bonds is 1. The van der Waals surface area contributed by atoms with E-state index in [1.54, 1.807) is 10.9 Å². The highest BCUT2D eigenvalue weighted by Crippen LogP contribution is 2.31. The van der Waals surface area contributed by atoms with Crippen LogP contribution in [0.15, 0.2) is 6.20 Å². The summed E-state index contributed by atoms with van der Waals surface area (Å²) >= 11 is 0. The highest BCUT2D eigenvalue weighted by Gasteiger charge is 2.39. The van der Waals surface area contributed by atoms with Crippen molar-refractivity contribution in [1.82, 2.24) is 19.7 Å². The molecular formula is C13H18F2N6. The molecular weight excluding hydrogens is 278 g/mol. The molecule has 0 unspecified atom stereocenters. The molecule has 0 aromatic carbocycles. The quantitative estimate of drug-likeness (QED) is 0.871. The van der Waals surface area contributed by atoms with Gasteiger partial charge in [0.25, 0.3) is 5.92 Å². The van der Waals surface area contributed by atoms with Crippen molar-refractivity contribution in [3.63, 3.8) is 0 Å². The van der Waals surface area contributed by atoms with Gasteiger partial charge in [0.15, 0.2) is 5.65 Å². The normalized spacial score (nSPS) is 18.6. The fourth-order valence-corrected chi connectivity index (χ4v) is 2.46. The first-order chi connectivity index (χ1) is 9.67. The second-order valence-corrected chi connectivity index (χ2v) is 6.40. The number of halogens is 2. The summed E-state index contributed by atoms with van der Waals surface area (Å²) in [5.74, 6) is -2.19. The van der Waals surface area contributed by atoms with E-state index in [0.29, 0.717) is 11.0 Å². The van der Waals surface area contributed by atoms with Crippen LogP contribution >= 0.6 is 0 Å². The van der Waals surface area contributed by atoms with Crippen LogP contribution in [-0.4, -0.2) is 38.8 Å². The van der Waals surface area contributed by atoms with Crippen molar-refractivity contribution in [2.75, 3.05) is 23.7 Å². The molecule has 0 atom stereocenters. The average molecular weight is 296 g/mol. The first kappa shape index (κ1) is 14.0. The molecule has 1 saturated heterocycles. The van der Waals surface area contributed by atoms with Crippen LogP contribution in [0, 0.1) is 0 Å². The first-order valence-electron chi connectivity index (χ1n) is 6.82. The minimum atomic E-state index is -2.70. The molecule has 0 radical (unpaired) electrons. The summed E-state index contributed by atoms with van der Waals surface area (Å²) in [6, 6.07) is 0. The summed E-state index contributed by atoms with van der Waals surface area (Å²) in [5, 5.41) is 4.93. The molecule has 3 rings (SSSR count). The van der Waals surface area contributed by atoms with E-state index in [9.17, 15) is 8.78 Å². The van der Waals surface area contributed by atoms with Gasteiger partial charge in [0.05, 0.1) is 23.7 Å².